The number of hydrogen-bond donors (Lipinski definition) is 1. The molecule has 0 saturated heterocycles. The molecule has 1 heterocycles. The molecule has 2 aromatic rings. The van der Waals surface area contributed by atoms with E-state index in [0.29, 0.717) is 5.89 Å². The molecule has 134 valence electrons. The Morgan fingerprint density at radius 3 is 2.96 bits per heavy atom. The molecule has 1 N–H and O–H groups in total. The minimum atomic E-state index is -0.0811. The number of nitrogens with one attached hydrogen (secondary N) is 1. The van der Waals surface area contributed by atoms with E-state index in [1.54, 1.807) is 0 Å². The average Bonchev–Trinajstić information content (AvgIpc) is 2.94. The first kappa shape index (κ1) is 17.7. The predicted octanol–water partition coefficient (Wildman–Crippen LogP) is 3.54. The van der Waals surface area contributed by atoms with Gasteiger partial charge >= 0.3 is 0 Å². The first-order valence-electron chi connectivity index (χ1n) is 8.66. The number of hydrogen-bond acceptors (Lipinski definition) is 5. The topological polar surface area (TPSA) is 69.3 Å². The lowest BCUT2D eigenvalue weighted by molar-refractivity contribution is -0.122. The van der Waals surface area contributed by atoms with Crippen molar-refractivity contribution in [3.8, 4) is 5.75 Å². The van der Waals surface area contributed by atoms with Crippen LogP contribution in [0.4, 0.5) is 0 Å². The van der Waals surface area contributed by atoms with Gasteiger partial charge in [-0.3, -0.25) is 4.79 Å². The Bertz CT molecular complexity index is 778. The molecule has 0 aliphatic heterocycles. The van der Waals surface area contributed by atoms with E-state index in [2.05, 4.69) is 10.4 Å². The molecule has 0 unspecified atom stereocenters. The van der Waals surface area contributed by atoms with Crippen LogP contribution in [0.3, 0.4) is 0 Å². The van der Waals surface area contributed by atoms with Gasteiger partial charge in [0.2, 0.25) is 5.91 Å². The number of carbonyl (C=O) groups excluding carboxylic acids is 1. The van der Waals surface area contributed by atoms with E-state index in [4.69, 9.17) is 21.4 Å². The molecular weight excluding hydrogens is 338 g/mol. The lowest BCUT2D eigenvalue weighted by Gasteiger charge is -2.22. The Morgan fingerprint density at radius 1 is 1.40 bits per heavy atom. The number of rotatable bonds is 6. The van der Waals surface area contributed by atoms with Crippen LogP contribution in [0.2, 0.25) is 0 Å². The largest absolute Gasteiger partial charge is 0.484 e. The van der Waals surface area contributed by atoms with Crippen molar-refractivity contribution in [2.45, 2.75) is 58.2 Å². The summed E-state index contributed by atoms with van der Waals surface area (Å²) in [5.41, 5.74) is 1.11. The Morgan fingerprint density at radius 2 is 2.20 bits per heavy atom. The van der Waals surface area contributed by atoms with Gasteiger partial charge in [0.1, 0.15) is 12.3 Å². The Kier molecular flexibility index (Phi) is 5.86. The number of aromatic nitrogens is 2. The molecule has 0 bridgehead atoms. The van der Waals surface area contributed by atoms with Crippen LogP contribution in [0.15, 0.2) is 28.7 Å². The summed E-state index contributed by atoms with van der Waals surface area (Å²) in [6.07, 6.45) is 5.70. The normalized spacial score (nSPS) is 15.1. The second kappa shape index (κ2) is 8.29. The Balaban J connectivity index is 1.54. The number of nitrogens with zero attached hydrogens (tertiary/aromatic N) is 2. The highest BCUT2D eigenvalue weighted by atomic mass is 32.1. The SMILES string of the molecule is Cc1cccc(OCc2nn(CC(=O)NC3CCCCC3)c(=S)o2)c1. The van der Waals surface area contributed by atoms with Crippen molar-refractivity contribution >= 4 is 18.1 Å². The highest BCUT2D eigenvalue weighted by molar-refractivity contribution is 7.71. The van der Waals surface area contributed by atoms with Gasteiger partial charge in [0.25, 0.3) is 10.7 Å². The maximum Gasteiger partial charge on any atom is 0.287 e. The number of benzene rings is 1. The molecule has 6 nitrogen and oxygen atoms in total. The van der Waals surface area contributed by atoms with Gasteiger partial charge in [-0.05, 0) is 49.7 Å². The highest BCUT2D eigenvalue weighted by Gasteiger charge is 2.17. The van der Waals surface area contributed by atoms with Crippen LogP contribution in [0, 0.1) is 11.8 Å². The summed E-state index contributed by atoms with van der Waals surface area (Å²) in [7, 11) is 0. The van der Waals surface area contributed by atoms with Gasteiger partial charge in [-0.25, -0.2) is 4.68 Å². The number of carbonyl (C=O) groups is 1. The summed E-state index contributed by atoms with van der Waals surface area (Å²) in [5.74, 6) is 1.02. The molecule has 1 aliphatic carbocycles. The summed E-state index contributed by atoms with van der Waals surface area (Å²) >= 11 is 5.15. The van der Waals surface area contributed by atoms with Gasteiger partial charge in [-0.1, -0.05) is 31.4 Å². The van der Waals surface area contributed by atoms with E-state index >= 15 is 0 Å². The van der Waals surface area contributed by atoms with Gasteiger partial charge in [-0.2, -0.15) is 0 Å². The van der Waals surface area contributed by atoms with E-state index < -0.39 is 0 Å². The number of aryl methyl sites for hydroxylation is 1. The van der Waals surface area contributed by atoms with Gasteiger partial charge in [0, 0.05) is 6.04 Å². The quantitative estimate of drug-likeness (QED) is 0.797. The second-order valence-electron chi connectivity index (χ2n) is 6.43. The molecule has 1 amide bonds. The zero-order valence-corrected chi connectivity index (χ0v) is 15.2. The standard InChI is InChI=1S/C18H23N3O3S/c1-13-6-5-9-15(10-13)23-12-17-20-21(18(25)24-17)11-16(22)19-14-7-3-2-4-8-14/h5-6,9-10,14H,2-4,7-8,11-12H2,1H3,(H,19,22). The van der Waals surface area contributed by atoms with Crippen LogP contribution in [0.1, 0.15) is 43.6 Å². The third-order valence-corrected chi connectivity index (χ3v) is 4.56. The highest BCUT2D eigenvalue weighted by Crippen LogP contribution is 2.17. The van der Waals surface area contributed by atoms with Crippen molar-refractivity contribution in [1.82, 2.24) is 15.1 Å². The molecule has 0 spiro atoms. The third kappa shape index (κ3) is 5.16. The fourth-order valence-corrected chi connectivity index (χ4v) is 3.22. The Hall–Kier alpha value is -2.15. The van der Waals surface area contributed by atoms with Crippen LogP contribution in [0.25, 0.3) is 0 Å². The lowest BCUT2D eigenvalue weighted by atomic mass is 9.95. The molecule has 1 aromatic heterocycles. The summed E-state index contributed by atoms with van der Waals surface area (Å²) in [6.45, 7) is 2.24. The van der Waals surface area contributed by atoms with E-state index in [-0.39, 0.29) is 29.9 Å². The lowest BCUT2D eigenvalue weighted by Crippen LogP contribution is -2.38. The first-order chi connectivity index (χ1) is 12.1. The molecule has 1 aliphatic rings. The smallest absolute Gasteiger partial charge is 0.287 e. The summed E-state index contributed by atoms with van der Waals surface area (Å²) < 4.78 is 12.5. The van der Waals surface area contributed by atoms with Gasteiger partial charge in [-0.15, -0.1) is 5.10 Å². The van der Waals surface area contributed by atoms with E-state index in [1.807, 2.05) is 31.2 Å². The van der Waals surface area contributed by atoms with Crippen LogP contribution in [0.5, 0.6) is 5.75 Å². The molecule has 1 aromatic carbocycles. The second-order valence-corrected chi connectivity index (χ2v) is 6.78. The van der Waals surface area contributed by atoms with E-state index in [9.17, 15) is 4.79 Å². The summed E-state index contributed by atoms with van der Waals surface area (Å²) in [4.78, 5) is 12.3. The summed E-state index contributed by atoms with van der Waals surface area (Å²) in [5, 5.41) is 7.29. The molecule has 0 radical (unpaired) electrons. The van der Waals surface area contributed by atoms with Crippen LogP contribution in [-0.4, -0.2) is 21.7 Å². The van der Waals surface area contributed by atoms with Crippen molar-refractivity contribution in [2.24, 2.45) is 0 Å². The van der Waals surface area contributed by atoms with Crippen LogP contribution < -0.4 is 10.1 Å². The molecule has 25 heavy (non-hydrogen) atoms. The zero-order chi connectivity index (χ0) is 17.6. The van der Waals surface area contributed by atoms with E-state index in [1.165, 1.54) is 23.9 Å². The Labute approximate surface area is 152 Å². The van der Waals surface area contributed by atoms with Gasteiger partial charge in [0.05, 0.1) is 0 Å². The van der Waals surface area contributed by atoms with Gasteiger partial charge < -0.3 is 14.5 Å². The van der Waals surface area contributed by atoms with Crippen molar-refractivity contribution in [1.29, 1.82) is 0 Å². The monoisotopic (exact) mass is 361 g/mol. The number of ether oxygens (including phenoxy) is 1. The molecule has 1 fully saturated rings. The van der Waals surface area contributed by atoms with Crippen molar-refractivity contribution in [3.63, 3.8) is 0 Å². The first-order valence-corrected chi connectivity index (χ1v) is 9.06. The number of amides is 1. The zero-order valence-electron chi connectivity index (χ0n) is 14.4. The third-order valence-electron chi connectivity index (χ3n) is 4.26. The minimum absolute atomic E-state index is 0.0727. The maximum absolute atomic E-state index is 12.2. The average molecular weight is 361 g/mol. The minimum Gasteiger partial charge on any atom is -0.484 e. The fourth-order valence-electron chi connectivity index (χ4n) is 3.01. The van der Waals surface area contributed by atoms with Gasteiger partial charge in [0.15, 0.2) is 6.61 Å². The van der Waals surface area contributed by atoms with Crippen molar-refractivity contribution in [2.75, 3.05) is 0 Å². The molecule has 7 heteroatoms. The fraction of sp³-hybridized carbons (Fsp3) is 0.500. The van der Waals surface area contributed by atoms with E-state index in [0.717, 1.165) is 24.2 Å². The van der Waals surface area contributed by atoms with Crippen LogP contribution in [-0.2, 0) is 17.9 Å². The summed E-state index contributed by atoms with van der Waals surface area (Å²) in [6, 6.07) is 8.00. The van der Waals surface area contributed by atoms with Crippen molar-refractivity contribution < 1.29 is 13.9 Å². The maximum atomic E-state index is 12.2. The molecule has 0 atom stereocenters. The van der Waals surface area contributed by atoms with Crippen molar-refractivity contribution in [3.05, 3.63) is 40.6 Å². The molecule has 3 rings (SSSR count). The predicted molar refractivity (Wildman–Crippen MR) is 95.9 cm³/mol. The van der Waals surface area contributed by atoms with Crippen LogP contribution >= 0.6 is 12.2 Å². The molecule has 1 saturated carbocycles. The molecular formula is C18H23N3O3S.